The molecule has 0 spiro atoms. The van der Waals surface area contributed by atoms with Crippen LogP contribution >= 0.6 is 11.6 Å². The standard InChI is InChI=1S/C14H21ClN2O4S/c15-7-2-1-3-8-22(20,21)17-12-6-4-5-11(9-12)10-13(16)14(18)19/h4-6,9,13,17H,1-3,7-8,10,16H2,(H,18,19). The van der Waals surface area contributed by atoms with Gasteiger partial charge in [0.1, 0.15) is 6.04 Å². The number of carboxylic acids is 1. The zero-order valence-corrected chi connectivity index (χ0v) is 13.7. The van der Waals surface area contributed by atoms with Gasteiger partial charge in [0, 0.05) is 11.6 Å². The molecule has 0 saturated heterocycles. The topological polar surface area (TPSA) is 109 Å². The fraction of sp³-hybridized carbons (Fsp3) is 0.500. The van der Waals surface area contributed by atoms with Crippen molar-refractivity contribution in [3.8, 4) is 0 Å². The van der Waals surface area contributed by atoms with E-state index in [1.54, 1.807) is 24.3 Å². The first-order valence-electron chi connectivity index (χ1n) is 6.98. The Labute approximate surface area is 135 Å². The van der Waals surface area contributed by atoms with Crippen LogP contribution in [0, 0.1) is 0 Å². The molecule has 8 heteroatoms. The summed E-state index contributed by atoms with van der Waals surface area (Å²) in [6.07, 6.45) is 2.24. The highest BCUT2D eigenvalue weighted by Gasteiger charge is 2.14. The van der Waals surface area contributed by atoms with E-state index < -0.39 is 22.0 Å². The lowest BCUT2D eigenvalue weighted by molar-refractivity contribution is -0.138. The van der Waals surface area contributed by atoms with E-state index in [0.717, 1.165) is 12.8 Å². The van der Waals surface area contributed by atoms with Gasteiger partial charge in [0.2, 0.25) is 10.0 Å². The van der Waals surface area contributed by atoms with Crippen LogP contribution in [0.5, 0.6) is 0 Å². The molecule has 0 aliphatic heterocycles. The monoisotopic (exact) mass is 348 g/mol. The van der Waals surface area contributed by atoms with Crippen LogP contribution in [-0.4, -0.2) is 37.2 Å². The number of carboxylic acid groups (broad SMARTS) is 1. The molecule has 0 aromatic heterocycles. The van der Waals surface area contributed by atoms with Gasteiger partial charge in [-0.15, -0.1) is 11.6 Å². The first kappa shape index (κ1) is 18.7. The molecule has 22 heavy (non-hydrogen) atoms. The number of nitrogens with one attached hydrogen (secondary N) is 1. The molecule has 1 unspecified atom stereocenters. The van der Waals surface area contributed by atoms with Gasteiger partial charge in [0.15, 0.2) is 0 Å². The number of aliphatic carboxylic acids is 1. The lowest BCUT2D eigenvalue weighted by Gasteiger charge is -2.11. The molecule has 0 saturated carbocycles. The number of nitrogens with two attached hydrogens (primary N) is 1. The van der Waals surface area contributed by atoms with Crippen LogP contribution in [0.2, 0.25) is 0 Å². The summed E-state index contributed by atoms with van der Waals surface area (Å²) in [5, 5.41) is 8.79. The minimum Gasteiger partial charge on any atom is -0.480 e. The summed E-state index contributed by atoms with van der Waals surface area (Å²) in [5.41, 5.74) is 6.54. The predicted molar refractivity (Wildman–Crippen MR) is 87.7 cm³/mol. The summed E-state index contributed by atoms with van der Waals surface area (Å²) < 4.78 is 26.4. The Morgan fingerprint density at radius 1 is 1.32 bits per heavy atom. The van der Waals surface area contributed by atoms with Crippen molar-refractivity contribution < 1.29 is 18.3 Å². The van der Waals surface area contributed by atoms with E-state index in [2.05, 4.69) is 4.72 Å². The van der Waals surface area contributed by atoms with Crippen molar-refractivity contribution in [2.75, 3.05) is 16.4 Å². The van der Waals surface area contributed by atoms with Gasteiger partial charge < -0.3 is 10.8 Å². The molecule has 1 rings (SSSR count). The highest BCUT2D eigenvalue weighted by molar-refractivity contribution is 7.92. The second-order valence-electron chi connectivity index (χ2n) is 5.02. The van der Waals surface area contributed by atoms with Crippen LogP contribution in [-0.2, 0) is 21.2 Å². The van der Waals surface area contributed by atoms with E-state index in [0.29, 0.717) is 23.6 Å². The molecule has 0 amide bonds. The van der Waals surface area contributed by atoms with E-state index in [-0.39, 0.29) is 12.2 Å². The van der Waals surface area contributed by atoms with E-state index in [4.69, 9.17) is 22.4 Å². The van der Waals surface area contributed by atoms with Gasteiger partial charge in [-0.3, -0.25) is 9.52 Å². The first-order valence-corrected chi connectivity index (χ1v) is 9.16. The van der Waals surface area contributed by atoms with Gasteiger partial charge in [0.05, 0.1) is 5.75 Å². The number of anilines is 1. The first-order chi connectivity index (χ1) is 10.3. The number of alkyl halides is 1. The molecule has 0 heterocycles. The largest absolute Gasteiger partial charge is 0.480 e. The zero-order chi connectivity index (χ0) is 16.6. The summed E-state index contributed by atoms with van der Waals surface area (Å²) >= 11 is 5.55. The van der Waals surface area contributed by atoms with Crippen molar-refractivity contribution in [3.05, 3.63) is 29.8 Å². The second-order valence-corrected chi connectivity index (χ2v) is 7.24. The summed E-state index contributed by atoms with van der Waals surface area (Å²) in [5.74, 6) is -0.535. The van der Waals surface area contributed by atoms with E-state index in [9.17, 15) is 13.2 Å². The van der Waals surface area contributed by atoms with Crippen LogP contribution in [0.1, 0.15) is 24.8 Å². The van der Waals surface area contributed by atoms with Crippen LogP contribution in [0.15, 0.2) is 24.3 Å². The molecule has 4 N–H and O–H groups in total. The molecule has 0 radical (unpaired) electrons. The van der Waals surface area contributed by atoms with Gasteiger partial charge in [-0.05, 0) is 37.0 Å². The number of hydrogen-bond donors (Lipinski definition) is 3. The van der Waals surface area contributed by atoms with Gasteiger partial charge in [-0.2, -0.15) is 0 Å². The normalized spacial score (nSPS) is 12.8. The van der Waals surface area contributed by atoms with Crippen LogP contribution in [0.3, 0.4) is 0 Å². The number of unbranched alkanes of at least 4 members (excludes halogenated alkanes) is 2. The fourth-order valence-corrected chi connectivity index (χ4v) is 3.26. The number of hydrogen-bond acceptors (Lipinski definition) is 4. The molecular formula is C14H21ClN2O4S. The fourth-order valence-electron chi connectivity index (χ4n) is 1.90. The average Bonchev–Trinajstić information content (AvgIpc) is 2.43. The number of halogens is 1. The Morgan fingerprint density at radius 2 is 2.05 bits per heavy atom. The zero-order valence-electron chi connectivity index (χ0n) is 12.2. The van der Waals surface area contributed by atoms with Crippen molar-refractivity contribution in [1.82, 2.24) is 0 Å². The molecule has 1 aromatic carbocycles. The van der Waals surface area contributed by atoms with Crippen molar-refractivity contribution in [3.63, 3.8) is 0 Å². The third-order valence-electron chi connectivity index (χ3n) is 3.02. The Bertz CT molecular complexity index is 592. The third-order valence-corrected chi connectivity index (χ3v) is 4.66. The quantitative estimate of drug-likeness (QED) is 0.441. The lowest BCUT2D eigenvalue weighted by atomic mass is 10.1. The molecule has 0 aliphatic rings. The summed E-state index contributed by atoms with van der Waals surface area (Å²) in [6, 6.07) is 5.57. The molecule has 6 nitrogen and oxygen atoms in total. The number of sulfonamides is 1. The maximum atomic E-state index is 11.9. The molecule has 0 aliphatic carbocycles. The Hall–Kier alpha value is -1.31. The Balaban J connectivity index is 2.63. The van der Waals surface area contributed by atoms with Crippen molar-refractivity contribution >= 4 is 33.3 Å². The number of rotatable bonds is 10. The molecule has 1 atom stereocenters. The van der Waals surface area contributed by atoms with E-state index in [1.165, 1.54) is 0 Å². The molecule has 124 valence electrons. The van der Waals surface area contributed by atoms with Crippen LogP contribution in [0.4, 0.5) is 5.69 Å². The van der Waals surface area contributed by atoms with Crippen LogP contribution in [0.25, 0.3) is 0 Å². The van der Waals surface area contributed by atoms with Crippen molar-refractivity contribution in [2.45, 2.75) is 31.7 Å². The minimum atomic E-state index is -3.42. The minimum absolute atomic E-state index is 0.0305. The van der Waals surface area contributed by atoms with Crippen molar-refractivity contribution in [1.29, 1.82) is 0 Å². The van der Waals surface area contributed by atoms with Gasteiger partial charge in [-0.1, -0.05) is 18.6 Å². The summed E-state index contributed by atoms with van der Waals surface area (Å²) in [4.78, 5) is 10.7. The lowest BCUT2D eigenvalue weighted by Crippen LogP contribution is -2.32. The van der Waals surface area contributed by atoms with Gasteiger partial charge >= 0.3 is 5.97 Å². The predicted octanol–water partition coefficient (Wildman–Crippen LogP) is 1.79. The third kappa shape index (κ3) is 7.11. The maximum absolute atomic E-state index is 11.9. The highest BCUT2D eigenvalue weighted by atomic mass is 35.5. The molecular weight excluding hydrogens is 328 g/mol. The van der Waals surface area contributed by atoms with Crippen molar-refractivity contribution in [2.24, 2.45) is 5.73 Å². The van der Waals surface area contributed by atoms with E-state index >= 15 is 0 Å². The van der Waals surface area contributed by atoms with Crippen LogP contribution < -0.4 is 10.5 Å². The Morgan fingerprint density at radius 3 is 2.68 bits per heavy atom. The summed E-state index contributed by atoms with van der Waals surface area (Å²) in [6.45, 7) is 0. The summed E-state index contributed by atoms with van der Waals surface area (Å²) in [7, 11) is -3.42. The number of benzene rings is 1. The van der Waals surface area contributed by atoms with Gasteiger partial charge in [-0.25, -0.2) is 8.42 Å². The maximum Gasteiger partial charge on any atom is 0.320 e. The SMILES string of the molecule is NC(Cc1cccc(NS(=O)(=O)CCCCCCl)c1)C(=O)O. The van der Waals surface area contributed by atoms with E-state index in [1.807, 2.05) is 0 Å². The molecule has 1 aromatic rings. The smallest absolute Gasteiger partial charge is 0.320 e. The van der Waals surface area contributed by atoms with Gasteiger partial charge in [0.25, 0.3) is 0 Å². The highest BCUT2D eigenvalue weighted by Crippen LogP contribution is 2.14. The molecule has 0 bridgehead atoms. The Kier molecular flexibility index (Phi) is 7.64. The number of carbonyl (C=O) groups is 1. The second kappa shape index (κ2) is 8.97. The molecule has 0 fully saturated rings. The average molecular weight is 349 g/mol.